The van der Waals surface area contributed by atoms with Crippen LogP contribution in [0.25, 0.3) is 11.0 Å². The van der Waals surface area contributed by atoms with E-state index in [0.29, 0.717) is 12.2 Å². The third kappa shape index (κ3) is 5.29. The molecule has 3 aromatic carbocycles. The van der Waals surface area contributed by atoms with E-state index in [9.17, 15) is 4.79 Å². The van der Waals surface area contributed by atoms with Crippen LogP contribution in [-0.4, -0.2) is 23.1 Å². The minimum atomic E-state index is -0.326. The number of aromatic nitrogens is 2. The Balaban J connectivity index is 1.53. The third-order valence-electron chi connectivity index (χ3n) is 5.36. The molecule has 0 saturated carbocycles. The first-order valence-corrected chi connectivity index (χ1v) is 11.2. The van der Waals surface area contributed by atoms with Gasteiger partial charge in [-0.25, -0.2) is 9.78 Å². The Bertz CT molecular complexity index is 1160. The van der Waals surface area contributed by atoms with Crippen LogP contribution in [0.15, 0.2) is 77.3 Å². The molecule has 3 N–H and O–H groups in total. The van der Waals surface area contributed by atoms with Gasteiger partial charge in [0.15, 0.2) is 0 Å². The van der Waals surface area contributed by atoms with Crippen molar-refractivity contribution in [2.24, 2.45) is 0 Å². The Hall–Kier alpha value is -3.32. The summed E-state index contributed by atoms with van der Waals surface area (Å²) in [6, 6.07) is 22.9. The van der Waals surface area contributed by atoms with E-state index in [4.69, 9.17) is 9.72 Å². The summed E-state index contributed by atoms with van der Waals surface area (Å²) in [6.45, 7) is 1.96. The molecule has 0 unspecified atom stereocenters. The molecule has 6 nitrogen and oxygen atoms in total. The lowest BCUT2D eigenvalue weighted by molar-refractivity contribution is 0.233. The molecule has 4 rings (SSSR count). The van der Waals surface area contributed by atoms with Gasteiger partial charge in [-0.05, 0) is 60.9 Å². The number of fused-ring (bicyclic) bond motifs is 1. The molecule has 0 spiro atoms. The normalized spacial score (nSPS) is 12.8. The number of urea groups is 1. The van der Waals surface area contributed by atoms with Crippen molar-refractivity contribution in [1.82, 2.24) is 20.6 Å². The molecule has 1 heterocycles. The van der Waals surface area contributed by atoms with E-state index in [0.717, 1.165) is 32.4 Å². The lowest BCUT2D eigenvalue weighted by Crippen LogP contribution is -2.40. The van der Waals surface area contributed by atoms with Gasteiger partial charge in [-0.1, -0.05) is 52.3 Å². The summed E-state index contributed by atoms with van der Waals surface area (Å²) in [7, 11) is 1.64. The third-order valence-corrected chi connectivity index (χ3v) is 5.89. The van der Waals surface area contributed by atoms with E-state index in [-0.39, 0.29) is 18.1 Å². The summed E-state index contributed by atoms with van der Waals surface area (Å²) in [5.41, 5.74) is 3.90. The average molecular weight is 493 g/mol. The molecule has 1 aromatic heterocycles. The summed E-state index contributed by atoms with van der Waals surface area (Å²) in [5, 5.41) is 6.13. The van der Waals surface area contributed by atoms with Crippen molar-refractivity contribution in [3.8, 4) is 5.75 Å². The predicted molar refractivity (Wildman–Crippen MR) is 130 cm³/mol. The first-order valence-electron chi connectivity index (χ1n) is 10.4. The molecule has 0 fully saturated rings. The van der Waals surface area contributed by atoms with Gasteiger partial charge in [0.05, 0.1) is 30.2 Å². The number of methoxy groups -OCH3 is 1. The number of ether oxygens (including phenoxy) is 1. The number of carbonyl (C=O) groups is 1. The molecule has 32 heavy (non-hydrogen) atoms. The van der Waals surface area contributed by atoms with Crippen molar-refractivity contribution in [1.29, 1.82) is 0 Å². The van der Waals surface area contributed by atoms with Gasteiger partial charge < -0.3 is 20.4 Å². The quantitative estimate of drug-likeness (QED) is 0.310. The maximum Gasteiger partial charge on any atom is 0.315 e. The van der Waals surface area contributed by atoms with E-state index in [1.807, 2.05) is 79.7 Å². The number of carbonyl (C=O) groups excluding carboxylic acids is 1. The highest BCUT2D eigenvalue weighted by atomic mass is 79.9. The summed E-state index contributed by atoms with van der Waals surface area (Å²) in [4.78, 5) is 21.0. The Morgan fingerprint density at radius 2 is 1.75 bits per heavy atom. The van der Waals surface area contributed by atoms with Crippen LogP contribution in [0.1, 0.15) is 36.0 Å². The Labute approximate surface area is 195 Å². The van der Waals surface area contributed by atoms with Gasteiger partial charge in [0, 0.05) is 4.47 Å². The van der Waals surface area contributed by atoms with Gasteiger partial charge in [-0.2, -0.15) is 0 Å². The number of amides is 2. The molecule has 0 aliphatic carbocycles. The largest absolute Gasteiger partial charge is 0.497 e. The van der Waals surface area contributed by atoms with Crippen molar-refractivity contribution in [3.63, 3.8) is 0 Å². The summed E-state index contributed by atoms with van der Waals surface area (Å²) in [6.07, 6.45) is 0.587. The fraction of sp³-hybridized carbons (Fsp3) is 0.200. The van der Waals surface area contributed by atoms with Crippen LogP contribution in [-0.2, 0) is 6.42 Å². The Morgan fingerprint density at radius 3 is 2.44 bits per heavy atom. The molecule has 2 atom stereocenters. The molecule has 0 radical (unpaired) electrons. The van der Waals surface area contributed by atoms with Crippen LogP contribution in [0.5, 0.6) is 5.75 Å². The van der Waals surface area contributed by atoms with Crippen LogP contribution in [0, 0.1) is 0 Å². The minimum absolute atomic E-state index is 0.139. The number of hydrogen-bond donors (Lipinski definition) is 3. The van der Waals surface area contributed by atoms with Crippen LogP contribution in [0.3, 0.4) is 0 Å². The molecule has 164 valence electrons. The SMILES string of the molecule is COc1ccc(C[C@@H](NC(=O)N[C@H](C)c2ccc(Br)cc2)c2nc3ccccc3[nH]2)cc1. The Morgan fingerprint density at radius 1 is 1.03 bits per heavy atom. The molecule has 0 bridgehead atoms. The van der Waals surface area contributed by atoms with Crippen molar-refractivity contribution in [2.45, 2.75) is 25.4 Å². The number of halogens is 1. The topological polar surface area (TPSA) is 79.0 Å². The molecule has 0 aliphatic rings. The van der Waals surface area contributed by atoms with E-state index in [2.05, 4.69) is 31.5 Å². The highest BCUT2D eigenvalue weighted by molar-refractivity contribution is 9.10. The van der Waals surface area contributed by atoms with E-state index in [1.165, 1.54) is 0 Å². The average Bonchev–Trinajstić information content (AvgIpc) is 3.24. The highest BCUT2D eigenvalue weighted by Crippen LogP contribution is 2.22. The summed E-state index contributed by atoms with van der Waals surface area (Å²) < 4.78 is 6.26. The van der Waals surface area contributed by atoms with E-state index >= 15 is 0 Å². The van der Waals surface area contributed by atoms with Crippen molar-refractivity contribution < 1.29 is 9.53 Å². The van der Waals surface area contributed by atoms with Crippen LogP contribution in [0.2, 0.25) is 0 Å². The number of benzene rings is 3. The summed E-state index contributed by atoms with van der Waals surface area (Å²) >= 11 is 3.44. The molecule has 7 heteroatoms. The second-order valence-electron chi connectivity index (χ2n) is 7.64. The van der Waals surface area contributed by atoms with Crippen LogP contribution in [0.4, 0.5) is 4.79 Å². The van der Waals surface area contributed by atoms with Gasteiger partial charge in [0.2, 0.25) is 0 Å². The number of rotatable bonds is 7. The zero-order chi connectivity index (χ0) is 22.5. The van der Waals surface area contributed by atoms with Crippen molar-refractivity contribution in [2.75, 3.05) is 7.11 Å². The number of nitrogens with zero attached hydrogens (tertiary/aromatic N) is 1. The first-order chi connectivity index (χ1) is 15.5. The minimum Gasteiger partial charge on any atom is -0.497 e. The fourth-order valence-corrected chi connectivity index (χ4v) is 3.85. The maximum atomic E-state index is 12.9. The second kappa shape index (κ2) is 9.87. The number of aromatic amines is 1. The van der Waals surface area contributed by atoms with Gasteiger partial charge in [0.25, 0.3) is 0 Å². The molecule has 0 aliphatic heterocycles. The molecule has 0 saturated heterocycles. The van der Waals surface area contributed by atoms with Crippen LogP contribution >= 0.6 is 15.9 Å². The number of nitrogens with one attached hydrogen (secondary N) is 3. The van der Waals surface area contributed by atoms with Gasteiger partial charge >= 0.3 is 6.03 Å². The molecular weight excluding hydrogens is 468 g/mol. The fourth-order valence-electron chi connectivity index (χ4n) is 3.58. The standard InChI is InChI=1S/C25H25BrN4O2/c1-16(18-9-11-19(26)12-10-18)27-25(31)30-23(15-17-7-13-20(32-2)14-8-17)24-28-21-5-3-4-6-22(21)29-24/h3-14,16,23H,15H2,1-2H3,(H,28,29)(H2,27,30,31)/t16-,23-/m1/s1. The lowest BCUT2D eigenvalue weighted by Gasteiger charge is -2.20. The maximum absolute atomic E-state index is 12.9. The smallest absolute Gasteiger partial charge is 0.315 e. The number of para-hydroxylation sites is 2. The second-order valence-corrected chi connectivity index (χ2v) is 8.55. The molecule has 2 amide bonds. The van der Waals surface area contributed by atoms with Gasteiger partial charge in [-0.3, -0.25) is 0 Å². The van der Waals surface area contributed by atoms with Gasteiger partial charge in [-0.15, -0.1) is 0 Å². The summed E-state index contributed by atoms with van der Waals surface area (Å²) in [5.74, 6) is 1.51. The Kier molecular flexibility index (Phi) is 6.75. The first kappa shape index (κ1) is 21.9. The zero-order valence-electron chi connectivity index (χ0n) is 17.9. The molecule has 4 aromatic rings. The predicted octanol–water partition coefficient (Wildman–Crippen LogP) is 5.68. The number of hydrogen-bond acceptors (Lipinski definition) is 3. The van der Waals surface area contributed by atoms with E-state index in [1.54, 1.807) is 7.11 Å². The number of H-pyrrole nitrogens is 1. The zero-order valence-corrected chi connectivity index (χ0v) is 19.5. The molecular formula is C25H25BrN4O2. The van der Waals surface area contributed by atoms with Crippen molar-refractivity contribution in [3.05, 3.63) is 94.2 Å². The van der Waals surface area contributed by atoms with E-state index < -0.39 is 0 Å². The number of imidazole rings is 1. The van der Waals surface area contributed by atoms with Gasteiger partial charge in [0.1, 0.15) is 11.6 Å². The lowest BCUT2D eigenvalue weighted by atomic mass is 10.1. The monoisotopic (exact) mass is 492 g/mol. The van der Waals surface area contributed by atoms with Crippen molar-refractivity contribution >= 4 is 33.0 Å². The highest BCUT2D eigenvalue weighted by Gasteiger charge is 2.20. The van der Waals surface area contributed by atoms with Crippen LogP contribution < -0.4 is 15.4 Å².